The number of sulfone groups is 1. The van der Waals surface area contributed by atoms with Gasteiger partial charge in [0.1, 0.15) is 5.39 Å². The maximum atomic E-state index is 12.9. The van der Waals surface area contributed by atoms with Crippen LogP contribution in [0.15, 0.2) is 16.1 Å². The van der Waals surface area contributed by atoms with Crippen molar-refractivity contribution >= 4 is 20.9 Å². The molecule has 0 N–H and O–H groups in total. The first kappa shape index (κ1) is 15.8. The van der Waals surface area contributed by atoms with Crippen molar-refractivity contribution in [1.29, 1.82) is 0 Å². The Hall–Kier alpha value is -1.74. The molecule has 9 heteroatoms. The van der Waals surface area contributed by atoms with E-state index in [9.17, 15) is 13.2 Å². The van der Waals surface area contributed by atoms with Gasteiger partial charge in [0.05, 0.1) is 12.4 Å². The second-order valence-corrected chi connectivity index (χ2v) is 8.87. The predicted octanol–water partition coefficient (Wildman–Crippen LogP) is 0.493. The maximum Gasteiger partial charge on any atom is 0.265 e. The molecule has 0 radical (unpaired) electrons. The Morgan fingerprint density at radius 2 is 2.17 bits per heavy atom. The predicted molar refractivity (Wildman–Crippen MR) is 86.5 cm³/mol. The van der Waals surface area contributed by atoms with Crippen molar-refractivity contribution in [2.45, 2.75) is 43.4 Å². The second-order valence-electron chi connectivity index (χ2n) is 6.94. The van der Waals surface area contributed by atoms with E-state index in [-0.39, 0.29) is 27.5 Å². The average molecular weight is 352 g/mol. The highest BCUT2D eigenvalue weighted by molar-refractivity contribution is 7.90. The van der Waals surface area contributed by atoms with Gasteiger partial charge in [0, 0.05) is 31.9 Å². The van der Waals surface area contributed by atoms with Crippen molar-refractivity contribution < 1.29 is 13.2 Å². The van der Waals surface area contributed by atoms with Gasteiger partial charge in [0.15, 0.2) is 20.5 Å². The number of aryl methyl sites for hydroxylation is 1. The molecule has 4 rings (SSSR count). The molecule has 1 unspecified atom stereocenters. The molecule has 1 aliphatic carbocycles. The summed E-state index contributed by atoms with van der Waals surface area (Å²) in [7, 11) is -2.02. The number of fused-ring (bicyclic) bond motifs is 1. The van der Waals surface area contributed by atoms with Gasteiger partial charge in [-0.3, -0.25) is 9.36 Å². The Morgan fingerprint density at radius 3 is 2.75 bits per heavy atom. The first-order valence-electron chi connectivity index (χ1n) is 8.06. The fraction of sp³-hybridized carbons (Fsp3) is 0.667. The van der Waals surface area contributed by atoms with Crippen LogP contribution in [0.2, 0.25) is 0 Å². The smallest absolute Gasteiger partial charge is 0.265 e. The number of rotatable bonds is 4. The highest BCUT2D eigenvalue weighted by atomic mass is 32.2. The van der Waals surface area contributed by atoms with E-state index in [1.165, 1.54) is 15.6 Å². The van der Waals surface area contributed by atoms with E-state index in [4.69, 9.17) is 4.74 Å². The van der Waals surface area contributed by atoms with Gasteiger partial charge in [-0.15, -0.1) is 0 Å². The average Bonchev–Trinajstić information content (AvgIpc) is 2.96. The first-order chi connectivity index (χ1) is 11.3. The summed E-state index contributed by atoms with van der Waals surface area (Å²) in [5, 5.41) is 3.86. The molecule has 2 aromatic rings. The normalized spacial score (nSPS) is 23.0. The van der Waals surface area contributed by atoms with Crippen LogP contribution in [0.3, 0.4) is 0 Å². The molecule has 2 aliphatic rings. The maximum absolute atomic E-state index is 12.9. The molecule has 2 aromatic heterocycles. The molecule has 0 amide bonds. The molecular formula is C15H20N4O4S. The summed E-state index contributed by atoms with van der Waals surface area (Å²) in [5.74, 6) is 0. The van der Waals surface area contributed by atoms with Gasteiger partial charge in [0.2, 0.25) is 0 Å². The number of aromatic nitrogens is 4. The highest BCUT2D eigenvalue weighted by Crippen LogP contribution is 2.53. The minimum absolute atomic E-state index is 0.0108. The second kappa shape index (κ2) is 5.13. The number of nitrogens with zero attached hydrogens (tertiary/aromatic N) is 4. The van der Waals surface area contributed by atoms with Crippen LogP contribution in [0.4, 0.5) is 0 Å². The van der Waals surface area contributed by atoms with Gasteiger partial charge in [-0.2, -0.15) is 5.10 Å². The van der Waals surface area contributed by atoms with E-state index in [0.717, 1.165) is 38.5 Å². The standard InChI is InChI=1S/C15H20N4O4S/c1-18-12-11(13(17-18)24(2,21)22)14(20)19(9-16-12)8-15(5-6-15)10-4-3-7-23-10/h9-10H,3-8H2,1-2H3. The monoisotopic (exact) mass is 352 g/mol. The van der Waals surface area contributed by atoms with Crippen molar-refractivity contribution in [2.75, 3.05) is 12.9 Å². The summed E-state index contributed by atoms with van der Waals surface area (Å²) >= 11 is 0. The van der Waals surface area contributed by atoms with Gasteiger partial charge >= 0.3 is 0 Å². The van der Waals surface area contributed by atoms with E-state index < -0.39 is 9.84 Å². The third kappa shape index (κ3) is 2.37. The summed E-state index contributed by atoms with van der Waals surface area (Å²) in [6.45, 7) is 1.29. The topological polar surface area (TPSA) is 96.1 Å². The molecule has 24 heavy (non-hydrogen) atoms. The Labute approximate surface area is 139 Å². The summed E-state index contributed by atoms with van der Waals surface area (Å²) in [6.07, 6.45) is 6.85. The van der Waals surface area contributed by atoms with Crippen LogP contribution in [-0.4, -0.2) is 46.7 Å². The fourth-order valence-electron chi connectivity index (χ4n) is 3.66. The Kier molecular flexibility index (Phi) is 3.37. The summed E-state index contributed by atoms with van der Waals surface area (Å²) in [6, 6.07) is 0. The van der Waals surface area contributed by atoms with Crippen LogP contribution in [0, 0.1) is 5.41 Å². The zero-order valence-corrected chi connectivity index (χ0v) is 14.5. The van der Waals surface area contributed by atoms with E-state index in [1.807, 2.05) is 0 Å². The van der Waals surface area contributed by atoms with Gasteiger partial charge in [-0.1, -0.05) is 0 Å². The van der Waals surface area contributed by atoms with Crippen molar-refractivity contribution in [2.24, 2.45) is 12.5 Å². The van der Waals surface area contributed by atoms with E-state index in [1.54, 1.807) is 7.05 Å². The molecule has 130 valence electrons. The van der Waals surface area contributed by atoms with Crippen molar-refractivity contribution in [3.63, 3.8) is 0 Å². The number of ether oxygens (including phenoxy) is 1. The summed E-state index contributed by atoms with van der Waals surface area (Å²) < 4.78 is 32.6. The summed E-state index contributed by atoms with van der Waals surface area (Å²) in [4.78, 5) is 17.2. The van der Waals surface area contributed by atoms with Crippen molar-refractivity contribution in [1.82, 2.24) is 19.3 Å². The van der Waals surface area contributed by atoms with Crippen molar-refractivity contribution in [3.8, 4) is 0 Å². The molecule has 1 aliphatic heterocycles. The van der Waals surface area contributed by atoms with Gasteiger partial charge in [-0.25, -0.2) is 18.1 Å². The minimum atomic E-state index is -3.60. The zero-order valence-electron chi connectivity index (χ0n) is 13.7. The molecule has 0 spiro atoms. The van der Waals surface area contributed by atoms with E-state index in [0.29, 0.717) is 12.2 Å². The van der Waals surface area contributed by atoms with Crippen LogP contribution in [-0.2, 0) is 28.2 Å². The fourth-order valence-corrected chi connectivity index (χ4v) is 4.48. The molecular weight excluding hydrogens is 332 g/mol. The Bertz CT molecular complexity index is 965. The van der Waals surface area contributed by atoms with Crippen LogP contribution < -0.4 is 5.56 Å². The van der Waals surface area contributed by atoms with Crippen LogP contribution in [0.5, 0.6) is 0 Å². The van der Waals surface area contributed by atoms with Gasteiger partial charge < -0.3 is 4.74 Å². The lowest BCUT2D eigenvalue weighted by molar-refractivity contribution is 0.0431. The zero-order chi connectivity index (χ0) is 17.1. The van der Waals surface area contributed by atoms with Crippen LogP contribution >= 0.6 is 0 Å². The Morgan fingerprint density at radius 1 is 1.42 bits per heavy atom. The Balaban J connectivity index is 1.80. The summed E-state index contributed by atoms with van der Waals surface area (Å²) in [5.41, 5.74) is -0.0696. The lowest BCUT2D eigenvalue weighted by Gasteiger charge is -2.22. The van der Waals surface area contributed by atoms with Gasteiger partial charge in [0.25, 0.3) is 5.56 Å². The molecule has 3 heterocycles. The lowest BCUT2D eigenvalue weighted by Crippen LogP contribution is -2.32. The molecule has 1 atom stereocenters. The number of hydrogen-bond acceptors (Lipinski definition) is 6. The SMILES string of the molecule is Cn1nc(S(C)(=O)=O)c2c(=O)n(CC3(C4CCCO4)CC3)cnc21. The van der Waals surface area contributed by atoms with Crippen molar-refractivity contribution in [3.05, 3.63) is 16.7 Å². The van der Waals surface area contributed by atoms with E-state index >= 15 is 0 Å². The quantitative estimate of drug-likeness (QED) is 0.795. The minimum Gasteiger partial charge on any atom is -0.378 e. The first-order valence-corrected chi connectivity index (χ1v) is 9.95. The number of hydrogen-bond donors (Lipinski definition) is 0. The molecule has 2 fully saturated rings. The molecule has 1 saturated heterocycles. The third-order valence-corrected chi connectivity index (χ3v) is 6.11. The molecule has 1 saturated carbocycles. The molecule has 0 aromatic carbocycles. The molecule has 8 nitrogen and oxygen atoms in total. The van der Waals surface area contributed by atoms with Crippen LogP contribution in [0.1, 0.15) is 25.7 Å². The van der Waals surface area contributed by atoms with Crippen LogP contribution in [0.25, 0.3) is 11.0 Å². The third-order valence-electron chi connectivity index (χ3n) is 5.12. The van der Waals surface area contributed by atoms with Gasteiger partial charge in [-0.05, 0) is 25.7 Å². The van der Waals surface area contributed by atoms with E-state index in [2.05, 4.69) is 10.1 Å². The highest BCUT2D eigenvalue weighted by Gasteiger charge is 2.51. The lowest BCUT2D eigenvalue weighted by atomic mass is 9.96. The largest absolute Gasteiger partial charge is 0.378 e. The molecule has 0 bridgehead atoms.